The lowest BCUT2D eigenvalue weighted by Gasteiger charge is -2.27. The van der Waals surface area contributed by atoms with E-state index in [0.29, 0.717) is 6.04 Å². The van der Waals surface area contributed by atoms with Crippen molar-refractivity contribution >= 4 is 17.3 Å². The molecule has 0 spiro atoms. The number of nitrogens with zero attached hydrogens (tertiary/aromatic N) is 1. The highest BCUT2D eigenvalue weighted by molar-refractivity contribution is 6.30. The van der Waals surface area contributed by atoms with E-state index in [1.807, 2.05) is 19.2 Å². The Morgan fingerprint density at radius 3 is 3.12 bits per heavy atom. The van der Waals surface area contributed by atoms with Gasteiger partial charge in [-0.1, -0.05) is 17.7 Å². The Morgan fingerprint density at radius 1 is 1.50 bits per heavy atom. The molecule has 0 aromatic heterocycles. The van der Waals surface area contributed by atoms with Crippen molar-refractivity contribution in [2.75, 3.05) is 25.0 Å². The molecule has 1 N–H and O–H groups in total. The lowest BCUT2D eigenvalue weighted by molar-refractivity contribution is 0.585. The molecule has 0 amide bonds. The van der Waals surface area contributed by atoms with Crippen LogP contribution >= 0.6 is 11.6 Å². The molecule has 0 bridgehead atoms. The van der Waals surface area contributed by atoms with Crippen LogP contribution in [-0.4, -0.2) is 26.2 Å². The van der Waals surface area contributed by atoms with Crippen molar-refractivity contribution in [1.29, 1.82) is 0 Å². The normalized spacial score (nSPS) is 20.4. The fourth-order valence-electron chi connectivity index (χ4n) is 2.44. The second-order valence-electron chi connectivity index (χ2n) is 4.36. The third kappa shape index (κ3) is 2.69. The zero-order chi connectivity index (χ0) is 11.4. The number of nitrogens with one attached hydrogen (secondary N) is 1. The third-order valence-corrected chi connectivity index (χ3v) is 3.48. The van der Waals surface area contributed by atoms with Crippen LogP contribution in [0, 0.1) is 0 Å². The van der Waals surface area contributed by atoms with E-state index in [0.717, 1.165) is 18.1 Å². The minimum Gasteiger partial charge on any atom is -0.368 e. The van der Waals surface area contributed by atoms with Crippen LogP contribution in [0.15, 0.2) is 24.3 Å². The van der Waals surface area contributed by atoms with Crippen LogP contribution in [0.4, 0.5) is 5.69 Å². The Morgan fingerprint density at radius 2 is 2.38 bits per heavy atom. The summed E-state index contributed by atoms with van der Waals surface area (Å²) >= 11 is 6.04. The summed E-state index contributed by atoms with van der Waals surface area (Å²) in [7, 11) is 2.01. The molecule has 1 aliphatic rings. The zero-order valence-corrected chi connectivity index (χ0v) is 10.5. The van der Waals surface area contributed by atoms with Gasteiger partial charge in [0.25, 0.3) is 0 Å². The van der Waals surface area contributed by atoms with Crippen molar-refractivity contribution in [3.63, 3.8) is 0 Å². The summed E-state index contributed by atoms with van der Waals surface area (Å²) in [5.74, 6) is 0. The first kappa shape index (κ1) is 11.7. The lowest BCUT2D eigenvalue weighted by Crippen LogP contribution is -2.31. The van der Waals surface area contributed by atoms with Gasteiger partial charge in [0.1, 0.15) is 0 Å². The fraction of sp³-hybridized carbons (Fsp3) is 0.538. The third-order valence-electron chi connectivity index (χ3n) is 3.24. The Bertz CT molecular complexity index is 340. The van der Waals surface area contributed by atoms with Gasteiger partial charge in [0.05, 0.1) is 0 Å². The Hall–Kier alpha value is -0.730. The highest BCUT2D eigenvalue weighted by atomic mass is 35.5. The fourth-order valence-corrected chi connectivity index (χ4v) is 2.63. The molecule has 2 nitrogen and oxygen atoms in total. The minimum absolute atomic E-state index is 0.672. The van der Waals surface area contributed by atoms with E-state index >= 15 is 0 Å². The molecule has 1 atom stereocenters. The first-order chi connectivity index (χ1) is 7.81. The Labute approximate surface area is 103 Å². The molecule has 0 saturated carbocycles. The summed E-state index contributed by atoms with van der Waals surface area (Å²) in [6, 6.07) is 8.86. The summed E-state index contributed by atoms with van der Waals surface area (Å²) in [5.41, 5.74) is 1.27. The second-order valence-corrected chi connectivity index (χ2v) is 4.80. The molecule has 1 aromatic carbocycles. The Balaban J connectivity index is 2.07. The molecule has 1 aliphatic heterocycles. The molecular weight excluding hydrogens is 220 g/mol. The number of hydrogen-bond donors (Lipinski definition) is 1. The maximum atomic E-state index is 6.04. The predicted molar refractivity (Wildman–Crippen MR) is 70.4 cm³/mol. The van der Waals surface area contributed by atoms with Gasteiger partial charge < -0.3 is 10.2 Å². The van der Waals surface area contributed by atoms with Crippen molar-refractivity contribution < 1.29 is 0 Å². The Kier molecular flexibility index (Phi) is 4.08. The minimum atomic E-state index is 0.672. The molecule has 1 saturated heterocycles. The van der Waals surface area contributed by atoms with Crippen molar-refractivity contribution in [1.82, 2.24) is 5.32 Å². The van der Waals surface area contributed by atoms with Crippen molar-refractivity contribution in [3.8, 4) is 0 Å². The monoisotopic (exact) mass is 238 g/mol. The summed E-state index contributed by atoms with van der Waals surface area (Å²) in [6.07, 6.45) is 3.80. The van der Waals surface area contributed by atoms with E-state index in [9.17, 15) is 0 Å². The van der Waals surface area contributed by atoms with Crippen LogP contribution in [0.1, 0.15) is 19.3 Å². The van der Waals surface area contributed by atoms with Gasteiger partial charge in [0.15, 0.2) is 0 Å². The van der Waals surface area contributed by atoms with Gasteiger partial charge in [-0.05, 0) is 51.1 Å². The van der Waals surface area contributed by atoms with E-state index in [2.05, 4.69) is 22.3 Å². The molecule has 16 heavy (non-hydrogen) atoms. The van der Waals surface area contributed by atoms with Crippen LogP contribution in [0.3, 0.4) is 0 Å². The summed E-state index contributed by atoms with van der Waals surface area (Å²) in [6.45, 7) is 2.25. The standard InChI is InChI=1S/C13H19ClN2/c1-15-8-7-12-6-3-9-16(12)13-5-2-4-11(14)10-13/h2,4-5,10,12,15H,3,6-9H2,1H3. The SMILES string of the molecule is CNCCC1CCCN1c1cccc(Cl)c1. The summed E-state index contributed by atoms with van der Waals surface area (Å²) in [5, 5.41) is 4.06. The van der Waals surface area contributed by atoms with Crippen molar-refractivity contribution in [2.45, 2.75) is 25.3 Å². The molecule has 1 unspecified atom stereocenters. The highest BCUT2D eigenvalue weighted by Crippen LogP contribution is 2.28. The first-order valence-electron chi connectivity index (χ1n) is 5.98. The molecular formula is C13H19ClN2. The zero-order valence-electron chi connectivity index (χ0n) is 9.75. The summed E-state index contributed by atoms with van der Waals surface area (Å²) < 4.78 is 0. The number of benzene rings is 1. The molecule has 3 heteroatoms. The number of halogens is 1. The highest BCUT2D eigenvalue weighted by Gasteiger charge is 2.23. The van der Waals surface area contributed by atoms with Gasteiger partial charge >= 0.3 is 0 Å². The van der Waals surface area contributed by atoms with Crippen LogP contribution < -0.4 is 10.2 Å². The van der Waals surface area contributed by atoms with Gasteiger partial charge in [-0.2, -0.15) is 0 Å². The molecule has 1 fully saturated rings. The van der Waals surface area contributed by atoms with Gasteiger partial charge in [0.2, 0.25) is 0 Å². The predicted octanol–water partition coefficient (Wildman–Crippen LogP) is 2.92. The van der Waals surface area contributed by atoms with Gasteiger partial charge in [0, 0.05) is 23.3 Å². The van der Waals surface area contributed by atoms with Gasteiger partial charge in [-0.3, -0.25) is 0 Å². The van der Waals surface area contributed by atoms with Crippen molar-refractivity contribution in [2.24, 2.45) is 0 Å². The van der Waals surface area contributed by atoms with Crippen LogP contribution in [0.5, 0.6) is 0 Å². The van der Waals surface area contributed by atoms with E-state index < -0.39 is 0 Å². The molecule has 88 valence electrons. The maximum Gasteiger partial charge on any atom is 0.0426 e. The lowest BCUT2D eigenvalue weighted by atomic mass is 10.1. The van der Waals surface area contributed by atoms with Crippen molar-refractivity contribution in [3.05, 3.63) is 29.3 Å². The molecule has 0 aliphatic carbocycles. The molecule has 1 heterocycles. The molecule has 2 rings (SSSR count). The molecule has 0 radical (unpaired) electrons. The maximum absolute atomic E-state index is 6.04. The molecule has 1 aromatic rings. The van der Waals surface area contributed by atoms with Gasteiger partial charge in [-0.25, -0.2) is 0 Å². The topological polar surface area (TPSA) is 15.3 Å². The van der Waals surface area contributed by atoms with E-state index in [-0.39, 0.29) is 0 Å². The number of hydrogen-bond acceptors (Lipinski definition) is 2. The van der Waals surface area contributed by atoms with Crippen LogP contribution in [0.25, 0.3) is 0 Å². The largest absolute Gasteiger partial charge is 0.368 e. The first-order valence-corrected chi connectivity index (χ1v) is 6.36. The van der Waals surface area contributed by atoms with E-state index in [4.69, 9.17) is 11.6 Å². The average Bonchev–Trinajstić information content (AvgIpc) is 2.74. The number of rotatable bonds is 4. The van der Waals surface area contributed by atoms with Crippen LogP contribution in [-0.2, 0) is 0 Å². The summed E-state index contributed by atoms with van der Waals surface area (Å²) in [4.78, 5) is 2.49. The quantitative estimate of drug-likeness (QED) is 0.868. The van der Waals surface area contributed by atoms with Crippen LogP contribution in [0.2, 0.25) is 5.02 Å². The number of anilines is 1. The van der Waals surface area contributed by atoms with E-state index in [1.165, 1.54) is 24.9 Å². The van der Waals surface area contributed by atoms with E-state index in [1.54, 1.807) is 0 Å². The second kappa shape index (κ2) is 5.55. The smallest absolute Gasteiger partial charge is 0.0426 e. The average molecular weight is 239 g/mol. The van der Waals surface area contributed by atoms with Gasteiger partial charge in [-0.15, -0.1) is 0 Å².